The van der Waals surface area contributed by atoms with Gasteiger partial charge in [0.1, 0.15) is 0 Å². The zero-order valence-corrected chi connectivity index (χ0v) is 12.8. The summed E-state index contributed by atoms with van der Waals surface area (Å²) in [7, 11) is 2.00. The molecule has 19 heavy (non-hydrogen) atoms. The molecule has 0 aliphatic heterocycles. The van der Waals surface area contributed by atoms with E-state index in [1.54, 1.807) is 0 Å². The van der Waals surface area contributed by atoms with Gasteiger partial charge in [0.2, 0.25) is 0 Å². The van der Waals surface area contributed by atoms with E-state index in [0.29, 0.717) is 5.92 Å². The van der Waals surface area contributed by atoms with Crippen molar-refractivity contribution in [2.24, 2.45) is 5.92 Å². The van der Waals surface area contributed by atoms with E-state index < -0.39 is 0 Å². The fraction of sp³-hybridized carbons (Fsp3) is 0.438. The van der Waals surface area contributed by atoms with Gasteiger partial charge in [-0.15, -0.1) is 11.3 Å². The molecule has 1 N–H and O–H groups in total. The van der Waals surface area contributed by atoms with Crippen molar-refractivity contribution in [1.29, 1.82) is 0 Å². The van der Waals surface area contributed by atoms with Crippen LogP contribution in [-0.2, 0) is 12.8 Å². The number of rotatable bonds is 6. The SMILES string of the molecule is CNCCc1sc(CC(C)C)nc1-c1ccccc1. The number of nitrogens with one attached hydrogen (secondary N) is 1. The molecule has 0 saturated heterocycles. The highest BCUT2D eigenvalue weighted by atomic mass is 32.1. The average molecular weight is 274 g/mol. The normalized spacial score (nSPS) is 11.2. The van der Waals surface area contributed by atoms with Gasteiger partial charge in [-0.25, -0.2) is 4.98 Å². The Morgan fingerprint density at radius 2 is 1.95 bits per heavy atom. The summed E-state index contributed by atoms with van der Waals surface area (Å²) in [4.78, 5) is 6.26. The van der Waals surface area contributed by atoms with Crippen molar-refractivity contribution < 1.29 is 0 Å². The highest BCUT2D eigenvalue weighted by Gasteiger charge is 2.13. The number of likely N-dealkylation sites (N-methyl/N-ethyl adjacent to an activating group) is 1. The Morgan fingerprint density at radius 3 is 2.58 bits per heavy atom. The van der Waals surface area contributed by atoms with Crippen molar-refractivity contribution in [3.8, 4) is 11.3 Å². The second kappa shape index (κ2) is 6.83. The van der Waals surface area contributed by atoms with E-state index in [9.17, 15) is 0 Å². The summed E-state index contributed by atoms with van der Waals surface area (Å²) < 4.78 is 0. The van der Waals surface area contributed by atoms with Crippen LogP contribution in [0.2, 0.25) is 0 Å². The molecular formula is C16H22N2S. The summed E-state index contributed by atoms with van der Waals surface area (Å²) in [5.41, 5.74) is 2.41. The maximum atomic E-state index is 4.86. The third kappa shape index (κ3) is 3.88. The van der Waals surface area contributed by atoms with E-state index in [0.717, 1.165) is 19.4 Å². The number of aromatic nitrogens is 1. The highest BCUT2D eigenvalue weighted by Crippen LogP contribution is 2.29. The summed E-state index contributed by atoms with van der Waals surface area (Å²) in [5, 5.41) is 4.49. The molecule has 0 radical (unpaired) electrons. The second-order valence-electron chi connectivity index (χ2n) is 5.20. The summed E-state index contributed by atoms with van der Waals surface area (Å²) in [6.45, 7) is 5.50. The molecule has 0 aliphatic rings. The number of benzene rings is 1. The third-order valence-corrected chi connectivity index (χ3v) is 4.11. The van der Waals surface area contributed by atoms with Gasteiger partial charge in [0.15, 0.2) is 0 Å². The fourth-order valence-electron chi connectivity index (χ4n) is 2.07. The van der Waals surface area contributed by atoms with Crippen LogP contribution in [0.1, 0.15) is 23.7 Å². The molecule has 1 aromatic carbocycles. The lowest BCUT2D eigenvalue weighted by Gasteiger charge is -2.01. The zero-order valence-electron chi connectivity index (χ0n) is 11.9. The first-order valence-corrected chi connectivity index (χ1v) is 7.71. The van der Waals surface area contributed by atoms with E-state index in [4.69, 9.17) is 4.98 Å². The van der Waals surface area contributed by atoms with Crippen molar-refractivity contribution in [1.82, 2.24) is 10.3 Å². The minimum absolute atomic E-state index is 0.659. The monoisotopic (exact) mass is 274 g/mol. The molecule has 1 aromatic heterocycles. The van der Waals surface area contributed by atoms with Gasteiger partial charge < -0.3 is 5.32 Å². The molecule has 2 nitrogen and oxygen atoms in total. The molecule has 2 aromatic rings. The number of nitrogens with zero attached hydrogens (tertiary/aromatic N) is 1. The van der Waals surface area contributed by atoms with Crippen LogP contribution in [0, 0.1) is 5.92 Å². The first kappa shape index (κ1) is 14.2. The van der Waals surface area contributed by atoms with Gasteiger partial charge in [-0.05, 0) is 25.9 Å². The Hall–Kier alpha value is -1.19. The Balaban J connectivity index is 2.31. The topological polar surface area (TPSA) is 24.9 Å². The van der Waals surface area contributed by atoms with Crippen LogP contribution in [0.5, 0.6) is 0 Å². The van der Waals surface area contributed by atoms with E-state index in [-0.39, 0.29) is 0 Å². The van der Waals surface area contributed by atoms with Crippen molar-refractivity contribution in [2.45, 2.75) is 26.7 Å². The molecule has 0 spiro atoms. The summed E-state index contributed by atoms with van der Waals surface area (Å²) >= 11 is 1.87. The van der Waals surface area contributed by atoms with Gasteiger partial charge in [-0.3, -0.25) is 0 Å². The predicted molar refractivity (Wildman–Crippen MR) is 83.7 cm³/mol. The molecule has 3 heteroatoms. The van der Waals surface area contributed by atoms with Crippen LogP contribution < -0.4 is 5.32 Å². The molecule has 102 valence electrons. The van der Waals surface area contributed by atoms with Crippen LogP contribution in [0.15, 0.2) is 30.3 Å². The first-order valence-electron chi connectivity index (χ1n) is 6.89. The Bertz CT molecular complexity index is 503. The Labute approximate surface area is 119 Å². The molecule has 2 rings (SSSR count). The highest BCUT2D eigenvalue weighted by molar-refractivity contribution is 7.12. The lowest BCUT2D eigenvalue weighted by Crippen LogP contribution is -2.09. The molecule has 1 heterocycles. The maximum Gasteiger partial charge on any atom is 0.0938 e. The fourth-order valence-corrected chi connectivity index (χ4v) is 3.37. The van der Waals surface area contributed by atoms with Gasteiger partial charge in [0.05, 0.1) is 10.7 Å². The summed E-state index contributed by atoms with van der Waals surface area (Å²) in [6.07, 6.45) is 2.13. The van der Waals surface area contributed by atoms with Crippen LogP contribution >= 0.6 is 11.3 Å². The van der Waals surface area contributed by atoms with Gasteiger partial charge in [0, 0.05) is 16.9 Å². The van der Waals surface area contributed by atoms with Crippen molar-refractivity contribution >= 4 is 11.3 Å². The van der Waals surface area contributed by atoms with Crippen molar-refractivity contribution in [2.75, 3.05) is 13.6 Å². The third-order valence-electron chi connectivity index (χ3n) is 2.97. The van der Waals surface area contributed by atoms with E-state index in [2.05, 4.69) is 49.5 Å². The van der Waals surface area contributed by atoms with Gasteiger partial charge in [0.25, 0.3) is 0 Å². The van der Waals surface area contributed by atoms with Crippen LogP contribution in [-0.4, -0.2) is 18.6 Å². The van der Waals surface area contributed by atoms with Crippen LogP contribution in [0.3, 0.4) is 0 Å². The number of thiazole rings is 1. The first-order chi connectivity index (χ1) is 9.20. The molecule has 0 saturated carbocycles. The minimum atomic E-state index is 0.659. The van der Waals surface area contributed by atoms with E-state index >= 15 is 0 Å². The van der Waals surface area contributed by atoms with Crippen molar-refractivity contribution in [3.63, 3.8) is 0 Å². The number of hydrogen-bond donors (Lipinski definition) is 1. The number of hydrogen-bond acceptors (Lipinski definition) is 3. The second-order valence-corrected chi connectivity index (χ2v) is 6.37. The van der Waals surface area contributed by atoms with E-state index in [1.165, 1.54) is 21.1 Å². The average Bonchev–Trinajstić information content (AvgIpc) is 2.79. The largest absolute Gasteiger partial charge is 0.319 e. The van der Waals surface area contributed by atoms with Crippen LogP contribution in [0.4, 0.5) is 0 Å². The molecule has 0 aliphatic carbocycles. The summed E-state index contributed by atoms with van der Waals surface area (Å²) in [6, 6.07) is 10.5. The lowest BCUT2D eigenvalue weighted by atomic mass is 10.1. The molecule has 0 unspecified atom stereocenters. The lowest BCUT2D eigenvalue weighted by molar-refractivity contribution is 0.645. The predicted octanol–water partition coefficient (Wildman–Crippen LogP) is 3.77. The standard InChI is InChI=1S/C16H22N2S/c1-12(2)11-15-18-16(13-7-5-4-6-8-13)14(19-15)9-10-17-3/h4-8,12,17H,9-11H2,1-3H3. The molecule has 0 bridgehead atoms. The van der Waals surface area contributed by atoms with Gasteiger partial charge in [-0.2, -0.15) is 0 Å². The maximum absolute atomic E-state index is 4.86. The van der Waals surface area contributed by atoms with E-state index in [1.807, 2.05) is 18.4 Å². The quantitative estimate of drug-likeness (QED) is 0.867. The van der Waals surface area contributed by atoms with Gasteiger partial charge >= 0.3 is 0 Å². The van der Waals surface area contributed by atoms with Crippen molar-refractivity contribution in [3.05, 3.63) is 40.2 Å². The minimum Gasteiger partial charge on any atom is -0.319 e. The van der Waals surface area contributed by atoms with Crippen LogP contribution in [0.25, 0.3) is 11.3 Å². The Kier molecular flexibility index (Phi) is 5.11. The molecule has 0 fully saturated rings. The Morgan fingerprint density at radius 1 is 1.21 bits per heavy atom. The summed E-state index contributed by atoms with van der Waals surface area (Å²) in [5.74, 6) is 0.659. The molecule has 0 atom stereocenters. The van der Waals surface area contributed by atoms with Gasteiger partial charge in [-0.1, -0.05) is 44.2 Å². The molecule has 0 amide bonds. The molecular weight excluding hydrogens is 252 g/mol. The zero-order chi connectivity index (χ0) is 13.7. The smallest absolute Gasteiger partial charge is 0.0938 e.